The van der Waals surface area contributed by atoms with Crippen LogP contribution in [0.4, 0.5) is 0 Å². The van der Waals surface area contributed by atoms with Gasteiger partial charge in [0.15, 0.2) is 5.78 Å². The van der Waals surface area contributed by atoms with Crippen LogP contribution in [-0.2, 0) is 19.1 Å². The Morgan fingerprint density at radius 3 is 2.62 bits per heavy atom. The fraction of sp³-hybridized carbons (Fsp3) is 0.762. The minimum atomic E-state index is -0.325. The lowest BCUT2D eigenvalue weighted by molar-refractivity contribution is -0.153. The molecular formula is C21H27BrO4. The molecule has 3 saturated carbocycles. The summed E-state index contributed by atoms with van der Waals surface area (Å²) < 4.78 is 5.79. The van der Waals surface area contributed by atoms with Crippen LogP contribution < -0.4 is 0 Å². The van der Waals surface area contributed by atoms with Crippen LogP contribution >= 0.6 is 15.9 Å². The Kier molecular flexibility index (Phi) is 4.45. The van der Waals surface area contributed by atoms with E-state index in [2.05, 4.69) is 29.8 Å². The van der Waals surface area contributed by atoms with Gasteiger partial charge in [0.05, 0.1) is 0 Å². The van der Waals surface area contributed by atoms with E-state index in [0.717, 1.165) is 37.7 Å². The predicted molar refractivity (Wildman–Crippen MR) is 101 cm³/mol. The first-order chi connectivity index (χ1) is 12.3. The minimum absolute atomic E-state index is 0.0962. The number of ether oxygens (including phenoxy) is 1. The zero-order valence-electron chi connectivity index (χ0n) is 15.6. The minimum Gasteiger partial charge on any atom is -0.457 e. The summed E-state index contributed by atoms with van der Waals surface area (Å²) in [7, 11) is 0. The van der Waals surface area contributed by atoms with Crippen molar-refractivity contribution in [3.05, 3.63) is 11.6 Å². The summed E-state index contributed by atoms with van der Waals surface area (Å²) in [5.41, 5.74) is 0.728. The molecule has 4 aliphatic carbocycles. The van der Waals surface area contributed by atoms with Crippen molar-refractivity contribution in [3.8, 4) is 0 Å². The lowest BCUT2D eigenvalue weighted by Gasteiger charge is -2.58. The maximum absolute atomic E-state index is 12.6. The summed E-state index contributed by atoms with van der Waals surface area (Å²) in [5, 5.41) is 0.162. The average Bonchev–Trinajstić information content (AvgIpc) is 2.91. The predicted octanol–water partition coefficient (Wildman–Crippen LogP) is 4.00. The SMILES string of the molecule is C[C@]12CCC(=O)C=C1[C@@H](OC(=O)CBr)C[C@@H]1[C@@H]2CC[C@]2(C)C(=O)CC[C@@H]12. The summed E-state index contributed by atoms with van der Waals surface area (Å²) in [6, 6.07) is 0. The molecule has 5 heteroatoms. The van der Waals surface area contributed by atoms with E-state index in [1.54, 1.807) is 6.08 Å². The normalized spacial score (nSPS) is 44.7. The van der Waals surface area contributed by atoms with E-state index in [1.165, 1.54) is 0 Å². The topological polar surface area (TPSA) is 60.4 Å². The maximum Gasteiger partial charge on any atom is 0.317 e. The van der Waals surface area contributed by atoms with Crippen molar-refractivity contribution < 1.29 is 19.1 Å². The standard InChI is InChI=1S/C21H27BrO4/c1-20-7-5-12(23)9-16(20)17(26-19(25)11-22)10-13-14-3-4-18(24)21(14,2)8-6-15(13)20/h9,13-15,17H,3-8,10-11H2,1-2H3/t13-,14-,15-,17-,20+,21-/m0/s1. The van der Waals surface area contributed by atoms with Gasteiger partial charge in [-0.15, -0.1) is 0 Å². The lowest BCUT2D eigenvalue weighted by Crippen LogP contribution is -2.54. The highest BCUT2D eigenvalue weighted by Crippen LogP contribution is 2.64. The number of hydrogen-bond acceptors (Lipinski definition) is 4. The molecule has 0 aromatic rings. The van der Waals surface area contributed by atoms with Crippen LogP contribution in [0.3, 0.4) is 0 Å². The van der Waals surface area contributed by atoms with Crippen LogP contribution in [0.1, 0.15) is 58.8 Å². The van der Waals surface area contributed by atoms with Crippen molar-refractivity contribution in [1.82, 2.24) is 0 Å². The van der Waals surface area contributed by atoms with Crippen molar-refractivity contribution >= 4 is 33.5 Å². The molecule has 3 fully saturated rings. The highest BCUT2D eigenvalue weighted by Gasteiger charge is 2.61. The van der Waals surface area contributed by atoms with Gasteiger partial charge in [0.2, 0.25) is 0 Å². The summed E-state index contributed by atoms with van der Waals surface area (Å²) >= 11 is 3.18. The number of halogens is 1. The molecule has 142 valence electrons. The van der Waals surface area contributed by atoms with Crippen molar-refractivity contribution in [2.45, 2.75) is 64.9 Å². The molecule has 6 atom stereocenters. The first-order valence-electron chi connectivity index (χ1n) is 9.83. The van der Waals surface area contributed by atoms with Crippen LogP contribution in [-0.4, -0.2) is 29.0 Å². The molecule has 4 aliphatic rings. The van der Waals surface area contributed by atoms with Crippen LogP contribution in [0.25, 0.3) is 0 Å². The van der Waals surface area contributed by atoms with Crippen molar-refractivity contribution in [3.63, 3.8) is 0 Å². The average molecular weight is 423 g/mol. The number of fused-ring (bicyclic) bond motifs is 5. The van der Waals surface area contributed by atoms with Crippen LogP contribution in [0.15, 0.2) is 11.6 Å². The van der Waals surface area contributed by atoms with E-state index in [0.29, 0.717) is 36.4 Å². The first kappa shape index (κ1) is 18.4. The molecule has 4 nitrogen and oxygen atoms in total. The van der Waals surface area contributed by atoms with Gasteiger partial charge in [0.1, 0.15) is 17.2 Å². The number of ketones is 2. The molecule has 0 bridgehead atoms. The Bertz CT molecular complexity index is 698. The molecule has 4 rings (SSSR count). The van der Waals surface area contributed by atoms with Crippen molar-refractivity contribution in [2.24, 2.45) is 28.6 Å². The number of Topliss-reactive ketones (excluding diaryl/α,β-unsaturated/α-hetero) is 1. The fourth-order valence-electron chi connectivity index (χ4n) is 6.65. The second kappa shape index (κ2) is 6.29. The van der Waals surface area contributed by atoms with Gasteiger partial charge >= 0.3 is 5.97 Å². The Balaban J connectivity index is 1.73. The maximum atomic E-state index is 12.6. The third-order valence-corrected chi connectivity index (χ3v) is 8.50. The lowest BCUT2D eigenvalue weighted by atomic mass is 9.47. The van der Waals surface area contributed by atoms with Gasteiger partial charge in [0, 0.05) is 18.3 Å². The molecule has 0 heterocycles. The Morgan fingerprint density at radius 1 is 1.15 bits per heavy atom. The Hall–Kier alpha value is -0.970. The van der Waals surface area contributed by atoms with Crippen LogP contribution in [0.5, 0.6) is 0 Å². The zero-order chi connectivity index (χ0) is 18.7. The molecular weight excluding hydrogens is 396 g/mol. The van der Waals surface area contributed by atoms with E-state index >= 15 is 0 Å². The van der Waals surface area contributed by atoms with Gasteiger partial charge in [0.25, 0.3) is 0 Å². The summed E-state index contributed by atoms with van der Waals surface area (Å²) in [4.78, 5) is 36.7. The highest BCUT2D eigenvalue weighted by molar-refractivity contribution is 9.09. The molecule has 0 amide bonds. The van der Waals surface area contributed by atoms with Gasteiger partial charge in [-0.1, -0.05) is 29.8 Å². The van der Waals surface area contributed by atoms with E-state index in [1.807, 2.05) is 0 Å². The van der Waals surface area contributed by atoms with Crippen molar-refractivity contribution in [2.75, 3.05) is 5.33 Å². The fourth-order valence-corrected chi connectivity index (χ4v) is 6.78. The number of carbonyl (C=O) groups is 3. The molecule has 0 unspecified atom stereocenters. The molecule has 0 spiro atoms. The second-order valence-corrected chi connectivity index (χ2v) is 9.69. The van der Waals surface area contributed by atoms with Crippen LogP contribution in [0, 0.1) is 28.6 Å². The highest BCUT2D eigenvalue weighted by atomic mass is 79.9. The van der Waals surface area contributed by atoms with Gasteiger partial charge < -0.3 is 4.74 Å². The summed E-state index contributed by atoms with van der Waals surface area (Å²) in [6.45, 7) is 4.41. The second-order valence-electron chi connectivity index (χ2n) is 9.13. The van der Waals surface area contributed by atoms with Crippen LogP contribution in [0.2, 0.25) is 0 Å². The van der Waals surface area contributed by atoms with Crippen molar-refractivity contribution in [1.29, 1.82) is 0 Å². The van der Waals surface area contributed by atoms with E-state index in [-0.39, 0.29) is 34.0 Å². The largest absolute Gasteiger partial charge is 0.457 e. The van der Waals surface area contributed by atoms with Gasteiger partial charge in [-0.05, 0) is 66.9 Å². The Morgan fingerprint density at radius 2 is 1.88 bits per heavy atom. The van der Waals surface area contributed by atoms with Gasteiger partial charge in [-0.25, -0.2) is 0 Å². The molecule has 0 aromatic heterocycles. The molecule has 0 aromatic carbocycles. The van der Waals surface area contributed by atoms with Gasteiger partial charge in [-0.2, -0.15) is 0 Å². The summed E-state index contributed by atoms with van der Waals surface area (Å²) in [6.07, 6.45) is 7.24. The third kappa shape index (κ3) is 2.56. The monoisotopic (exact) mass is 422 g/mol. The molecule has 0 aliphatic heterocycles. The number of rotatable bonds is 2. The van der Waals surface area contributed by atoms with E-state index in [4.69, 9.17) is 4.74 Å². The summed E-state index contributed by atoms with van der Waals surface area (Å²) in [5.74, 6) is 1.53. The molecule has 26 heavy (non-hydrogen) atoms. The third-order valence-electron chi connectivity index (χ3n) is 8.05. The quantitative estimate of drug-likeness (QED) is 0.498. The number of carbonyl (C=O) groups excluding carboxylic acids is 3. The Labute approximate surface area is 163 Å². The number of alkyl halides is 1. The van der Waals surface area contributed by atoms with E-state index in [9.17, 15) is 14.4 Å². The zero-order valence-corrected chi connectivity index (χ0v) is 17.1. The van der Waals surface area contributed by atoms with Gasteiger partial charge in [-0.3, -0.25) is 14.4 Å². The number of hydrogen-bond donors (Lipinski definition) is 0. The smallest absolute Gasteiger partial charge is 0.317 e. The number of esters is 1. The molecule has 0 N–H and O–H groups in total. The first-order valence-corrected chi connectivity index (χ1v) is 11.0. The molecule has 0 saturated heterocycles. The van der Waals surface area contributed by atoms with E-state index < -0.39 is 0 Å². The molecule has 0 radical (unpaired) electrons.